The van der Waals surface area contributed by atoms with Crippen molar-refractivity contribution >= 4 is 17.5 Å². The molecule has 1 aliphatic heterocycles. The first-order chi connectivity index (χ1) is 13.1. The monoisotopic (exact) mass is 372 g/mol. The van der Waals surface area contributed by atoms with Crippen molar-refractivity contribution in [3.05, 3.63) is 29.8 Å². The molecule has 1 heterocycles. The summed E-state index contributed by atoms with van der Waals surface area (Å²) in [5.41, 5.74) is 2.16. The van der Waals surface area contributed by atoms with Gasteiger partial charge in [0.05, 0.1) is 0 Å². The van der Waals surface area contributed by atoms with Crippen LogP contribution in [-0.4, -0.2) is 38.1 Å². The van der Waals surface area contributed by atoms with E-state index < -0.39 is 0 Å². The molecule has 1 aromatic carbocycles. The molecule has 3 rings (SSSR count). The van der Waals surface area contributed by atoms with Crippen LogP contribution in [0.25, 0.3) is 0 Å². The van der Waals surface area contributed by atoms with Gasteiger partial charge in [-0.1, -0.05) is 11.6 Å². The average molecular weight is 372 g/mol. The maximum absolute atomic E-state index is 12.2. The van der Waals surface area contributed by atoms with Crippen molar-refractivity contribution in [3.8, 4) is 11.5 Å². The summed E-state index contributed by atoms with van der Waals surface area (Å²) in [6.45, 7) is 3.53. The highest BCUT2D eigenvalue weighted by molar-refractivity contribution is 5.92. The van der Waals surface area contributed by atoms with Crippen LogP contribution >= 0.6 is 0 Å². The molecule has 0 fully saturated rings. The van der Waals surface area contributed by atoms with E-state index in [1.165, 1.54) is 25.3 Å². The number of anilines is 1. The van der Waals surface area contributed by atoms with Gasteiger partial charge in [-0.25, -0.2) is 0 Å². The number of nitrogens with zero attached hydrogens (tertiary/aromatic N) is 1. The van der Waals surface area contributed by atoms with E-state index in [0.717, 1.165) is 19.3 Å². The Morgan fingerprint density at radius 1 is 1.15 bits per heavy atom. The van der Waals surface area contributed by atoms with Crippen LogP contribution in [0.5, 0.6) is 11.5 Å². The fraction of sp³-hybridized carbons (Fsp3) is 0.524. The van der Waals surface area contributed by atoms with E-state index >= 15 is 0 Å². The number of hydrogen-bond donors (Lipinski definition) is 1. The van der Waals surface area contributed by atoms with Gasteiger partial charge in [0, 0.05) is 38.2 Å². The minimum atomic E-state index is -0.105. The van der Waals surface area contributed by atoms with E-state index in [2.05, 4.69) is 11.4 Å². The number of fused-ring (bicyclic) bond motifs is 1. The van der Waals surface area contributed by atoms with Gasteiger partial charge in [-0.3, -0.25) is 9.59 Å². The molecule has 0 bridgehead atoms. The topological polar surface area (TPSA) is 67.9 Å². The lowest BCUT2D eigenvalue weighted by Gasteiger charge is -2.24. The Labute approximate surface area is 160 Å². The molecule has 27 heavy (non-hydrogen) atoms. The number of hydrogen-bond acceptors (Lipinski definition) is 4. The smallest absolute Gasteiger partial charge is 0.223 e. The van der Waals surface area contributed by atoms with Crippen LogP contribution in [0.1, 0.15) is 45.4 Å². The molecule has 6 nitrogen and oxygen atoms in total. The zero-order chi connectivity index (χ0) is 19.1. The highest BCUT2D eigenvalue weighted by Crippen LogP contribution is 2.34. The number of allylic oxidation sites excluding steroid dienone is 1. The number of benzene rings is 1. The highest BCUT2D eigenvalue weighted by Gasteiger charge is 2.18. The highest BCUT2D eigenvalue weighted by atomic mass is 16.6. The van der Waals surface area contributed by atoms with Crippen LogP contribution in [0.4, 0.5) is 5.69 Å². The molecule has 0 spiro atoms. The Morgan fingerprint density at radius 3 is 2.70 bits per heavy atom. The van der Waals surface area contributed by atoms with Gasteiger partial charge < -0.3 is 19.7 Å². The SMILES string of the molecule is CC(=O)N(CCC(=O)NCCC1=CCCCC1)c1ccc2c(c1)OCCO2. The van der Waals surface area contributed by atoms with Crippen molar-refractivity contribution in [1.82, 2.24) is 5.32 Å². The van der Waals surface area contributed by atoms with Gasteiger partial charge in [0.25, 0.3) is 0 Å². The second-order valence-electron chi connectivity index (χ2n) is 6.96. The van der Waals surface area contributed by atoms with Gasteiger partial charge in [-0.05, 0) is 44.2 Å². The zero-order valence-corrected chi connectivity index (χ0v) is 16.0. The number of ether oxygens (including phenoxy) is 2. The molecule has 1 N–H and O–H groups in total. The van der Waals surface area contributed by atoms with Crippen molar-refractivity contribution in [1.29, 1.82) is 0 Å². The Kier molecular flexibility index (Phi) is 6.74. The number of nitrogens with one attached hydrogen (secondary N) is 1. The van der Waals surface area contributed by atoms with Crippen LogP contribution in [-0.2, 0) is 9.59 Å². The van der Waals surface area contributed by atoms with Crippen molar-refractivity contribution in [2.45, 2.75) is 45.4 Å². The van der Waals surface area contributed by atoms with Crippen LogP contribution in [0.3, 0.4) is 0 Å². The number of rotatable bonds is 7. The normalized spacial score (nSPS) is 15.7. The van der Waals surface area contributed by atoms with E-state index in [4.69, 9.17) is 9.47 Å². The van der Waals surface area contributed by atoms with E-state index in [0.29, 0.717) is 43.5 Å². The maximum Gasteiger partial charge on any atom is 0.223 e. The molecule has 146 valence electrons. The number of carbonyl (C=O) groups is 2. The molecular formula is C21H28N2O4. The predicted molar refractivity (Wildman–Crippen MR) is 104 cm³/mol. The van der Waals surface area contributed by atoms with Gasteiger partial charge in [0.15, 0.2) is 11.5 Å². The van der Waals surface area contributed by atoms with Crippen molar-refractivity contribution in [2.75, 3.05) is 31.2 Å². The van der Waals surface area contributed by atoms with Gasteiger partial charge in [0.1, 0.15) is 13.2 Å². The maximum atomic E-state index is 12.2. The van der Waals surface area contributed by atoms with Crippen LogP contribution < -0.4 is 19.7 Å². The average Bonchev–Trinajstić information content (AvgIpc) is 2.68. The molecule has 0 radical (unpaired) electrons. The van der Waals surface area contributed by atoms with E-state index in [1.54, 1.807) is 17.0 Å². The first-order valence-electron chi connectivity index (χ1n) is 9.76. The van der Waals surface area contributed by atoms with Gasteiger partial charge >= 0.3 is 0 Å². The first kappa shape index (κ1) is 19.3. The summed E-state index contributed by atoms with van der Waals surface area (Å²) < 4.78 is 11.1. The summed E-state index contributed by atoms with van der Waals surface area (Å²) in [7, 11) is 0. The lowest BCUT2D eigenvalue weighted by molar-refractivity contribution is -0.121. The van der Waals surface area contributed by atoms with Gasteiger partial charge in [-0.2, -0.15) is 0 Å². The molecule has 6 heteroatoms. The Hall–Kier alpha value is -2.50. The molecular weight excluding hydrogens is 344 g/mol. The summed E-state index contributed by atoms with van der Waals surface area (Å²) >= 11 is 0. The van der Waals surface area contributed by atoms with Crippen LogP contribution in [0.2, 0.25) is 0 Å². The molecule has 0 unspecified atom stereocenters. The fourth-order valence-corrected chi connectivity index (χ4v) is 3.46. The van der Waals surface area contributed by atoms with Crippen LogP contribution in [0, 0.1) is 0 Å². The summed E-state index contributed by atoms with van der Waals surface area (Å²) in [5, 5.41) is 2.96. The third-order valence-electron chi connectivity index (χ3n) is 4.93. The molecule has 0 saturated carbocycles. The quantitative estimate of drug-likeness (QED) is 0.747. The Bertz CT molecular complexity index is 714. The first-order valence-corrected chi connectivity index (χ1v) is 9.76. The van der Waals surface area contributed by atoms with Crippen molar-refractivity contribution < 1.29 is 19.1 Å². The Morgan fingerprint density at radius 2 is 1.96 bits per heavy atom. The third-order valence-corrected chi connectivity index (χ3v) is 4.93. The second kappa shape index (κ2) is 9.44. The minimum Gasteiger partial charge on any atom is -0.486 e. The zero-order valence-electron chi connectivity index (χ0n) is 16.0. The summed E-state index contributed by atoms with van der Waals surface area (Å²) in [5.74, 6) is 1.18. The number of carbonyl (C=O) groups excluding carboxylic acids is 2. The largest absolute Gasteiger partial charge is 0.486 e. The second-order valence-corrected chi connectivity index (χ2v) is 6.96. The lowest BCUT2D eigenvalue weighted by Crippen LogP contribution is -2.34. The molecule has 2 aliphatic rings. The lowest BCUT2D eigenvalue weighted by atomic mass is 9.97. The molecule has 0 aromatic heterocycles. The van der Waals surface area contributed by atoms with E-state index in [9.17, 15) is 9.59 Å². The van der Waals surface area contributed by atoms with Crippen LogP contribution in [0.15, 0.2) is 29.8 Å². The summed E-state index contributed by atoms with van der Waals surface area (Å²) in [6.07, 6.45) is 8.33. The van der Waals surface area contributed by atoms with Gasteiger partial charge in [-0.15, -0.1) is 0 Å². The molecule has 0 saturated heterocycles. The molecule has 1 aliphatic carbocycles. The number of amides is 2. The minimum absolute atomic E-state index is 0.0322. The third kappa shape index (κ3) is 5.49. The molecule has 1 aromatic rings. The van der Waals surface area contributed by atoms with E-state index in [-0.39, 0.29) is 18.2 Å². The summed E-state index contributed by atoms with van der Waals surface area (Å²) in [6, 6.07) is 5.42. The van der Waals surface area contributed by atoms with Crippen molar-refractivity contribution in [2.24, 2.45) is 0 Å². The molecule has 0 atom stereocenters. The fourth-order valence-electron chi connectivity index (χ4n) is 3.46. The van der Waals surface area contributed by atoms with Gasteiger partial charge in [0.2, 0.25) is 11.8 Å². The summed E-state index contributed by atoms with van der Waals surface area (Å²) in [4.78, 5) is 25.8. The molecule has 2 amide bonds. The standard InChI is InChI=1S/C21H28N2O4/c1-16(24)23(18-7-8-19-20(15-18)27-14-13-26-19)12-10-21(25)22-11-9-17-5-3-2-4-6-17/h5,7-8,15H,2-4,6,9-14H2,1H3,(H,22,25). The van der Waals surface area contributed by atoms with Crippen molar-refractivity contribution in [3.63, 3.8) is 0 Å². The Balaban J connectivity index is 1.50. The van der Waals surface area contributed by atoms with E-state index in [1.807, 2.05) is 6.07 Å². The predicted octanol–water partition coefficient (Wildman–Crippen LogP) is 3.21.